The second kappa shape index (κ2) is 15.1. The third-order valence-electron chi connectivity index (χ3n) is 5.71. The molecule has 0 aliphatic rings. The first kappa shape index (κ1) is 24.5. The Kier molecular flexibility index (Phi) is 12.4. The molecule has 0 aliphatic carbocycles. The number of anilines is 1. The highest BCUT2D eigenvalue weighted by atomic mass is 32.1. The molecule has 1 aromatic heterocycles. The van der Waals surface area contributed by atoms with E-state index in [0.717, 1.165) is 12.3 Å². The van der Waals surface area contributed by atoms with Crippen LogP contribution in [0.15, 0.2) is 48.8 Å². The van der Waals surface area contributed by atoms with Gasteiger partial charge in [-0.3, -0.25) is 0 Å². The molecular weight excluding hydrogens is 384 g/mol. The molecule has 0 saturated carbocycles. The van der Waals surface area contributed by atoms with Crippen LogP contribution < -0.4 is 9.47 Å². The van der Waals surface area contributed by atoms with Gasteiger partial charge in [0, 0.05) is 31.4 Å². The van der Waals surface area contributed by atoms with Gasteiger partial charge in [0.1, 0.15) is 7.05 Å². The van der Waals surface area contributed by atoms with Crippen LogP contribution in [0.2, 0.25) is 0 Å². The van der Waals surface area contributed by atoms with E-state index < -0.39 is 0 Å². The highest BCUT2D eigenvalue weighted by Gasteiger charge is 2.01. The first-order valence-corrected chi connectivity index (χ1v) is 12.4. The molecule has 164 valence electrons. The summed E-state index contributed by atoms with van der Waals surface area (Å²) in [4.78, 5) is 2.38. The van der Waals surface area contributed by atoms with Crippen LogP contribution in [0.4, 0.5) is 5.69 Å². The lowest BCUT2D eigenvalue weighted by Gasteiger charge is -2.19. The van der Waals surface area contributed by atoms with E-state index in [1.165, 1.54) is 81.0 Å². The Morgan fingerprint density at radius 2 is 1.17 bits per heavy atom. The van der Waals surface area contributed by atoms with Crippen molar-refractivity contribution < 1.29 is 4.57 Å². The highest BCUT2D eigenvalue weighted by molar-refractivity contribution is 7.80. The first-order valence-electron chi connectivity index (χ1n) is 11.7. The van der Waals surface area contributed by atoms with E-state index in [-0.39, 0.29) is 0 Å². The summed E-state index contributed by atoms with van der Waals surface area (Å²) in [5, 5.41) is 0. The molecule has 0 spiro atoms. The quantitative estimate of drug-likeness (QED) is 0.184. The van der Waals surface area contributed by atoms with Crippen molar-refractivity contribution in [2.75, 3.05) is 24.2 Å². The number of benzene rings is 1. The van der Waals surface area contributed by atoms with Crippen LogP contribution in [0.3, 0.4) is 0 Å². The largest absolute Gasteiger partial charge is 0.375 e. The van der Waals surface area contributed by atoms with Crippen molar-refractivity contribution in [1.82, 2.24) is 0 Å². The van der Waals surface area contributed by atoms with E-state index in [0.29, 0.717) is 0 Å². The number of aromatic nitrogens is 1. The van der Waals surface area contributed by atoms with E-state index in [9.17, 15) is 0 Å². The topological polar surface area (TPSA) is 7.12 Å². The zero-order chi connectivity index (χ0) is 21.4. The lowest BCUT2D eigenvalue weighted by molar-refractivity contribution is -0.671. The third-order valence-corrected chi connectivity index (χ3v) is 6.02. The summed E-state index contributed by atoms with van der Waals surface area (Å²) in [7, 11) is 4.25. The Labute approximate surface area is 190 Å². The van der Waals surface area contributed by atoms with Crippen LogP contribution in [0.25, 0.3) is 12.2 Å². The zero-order valence-corrected chi connectivity index (χ0v) is 20.0. The number of aryl methyl sites for hydroxylation is 1. The van der Waals surface area contributed by atoms with Gasteiger partial charge in [0.25, 0.3) is 0 Å². The Bertz CT molecular complexity index is 707. The molecule has 2 aromatic rings. The molecule has 0 fully saturated rings. The maximum Gasteiger partial charge on any atom is 0.169 e. The lowest BCUT2D eigenvalue weighted by atomic mass is 10.1. The summed E-state index contributed by atoms with van der Waals surface area (Å²) in [5.41, 5.74) is 3.77. The Morgan fingerprint density at radius 1 is 0.700 bits per heavy atom. The SMILES string of the molecule is CN(CCCCCCCCCCCCS)c1ccc(/C=C/c2cc[n+](C)cc2)cc1. The predicted octanol–water partition coefficient (Wildman–Crippen LogP) is 6.95. The molecule has 3 heteroatoms. The normalized spacial score (nSPS) is 11.3. The average molecular weight is 426 g/mol. The van der Waals surface area contributed by atoms with Crippen molar-refractivity contribution in [1.29, 1.82) is 0 Å². The second-order valence-electron chi connectivity index (χ2n) is 8.40. The van der Waals surface area contributed by atoms with Crippen molar-refractivity contribution in [3.8, 4) is 0 Å². The van der Waals surface area contributed by atoms with E-state index >= 15 is 0 Å². The molecule has 30 heavy (non-hydrogen) atoms. The molecular formula is C27H41N2S+. The molecule has 1 aromatic carbocycles. The fourth-order valence-corrected chi connectivity index (χ4v) is 3.88. The minimum Gasteiger partial charge on any atom is -0.375 e. The lowest BCUT2D eigenvalue weighted by Crippen LogP contribution is -2.25. The van der Waals surface area contributed by atoms with Crippen molar-refractivity contribution in [2.45, 2.75) is 64.2 Å². The molecule has 0 atom stereocenters. The van der Waals surface area contributed by atoms with Gasteiger partial charge in [-0.1, -0.05) is 75.7 Å². The fourth-order valence-electron chi connectivity index (χ4n) is 3.66. The maximum atomic E-state index is 4.27. The van der Waals surface area contributed by atoms with E-state index in [2.05, 4.69) is 90.1 Å². The minimum absolute atomic E-state index is 1.04. The molecule has 2 rings (SSSR count). The van der Waals surface area contributed by atoms with Crippen LogP contribution in [-0.4, -0.2) is 19.3 Å². The second-order valence-corrected chi connectivity index (χ2v) is 8.85. The van der Waals surface area contributed by atoms with Gasteiger partial charge < -0.3 is 4.90 Å². The van der Waals surface area contributed by atoms with Crippen molar-refractivity contribution in [2.24, 2.45) is 7.05 Å². The van der Waals surface area contributed by atoms with Crippen LogP contribution in [-0.2, 0) is 7.05 Å². The molecule has 0 radical (unpaired) electrons. The van der Waals surface area contributed by atoms with Crippen molar-refractivity contribution in [3.63, 3.8) is 0 Å². The Hall–Kier alpha value is -1.74. The predicted molar refractivity (Wildman–Crippen MR) is 136 cm³/mol. The number of nitrogens with zero attached hydrogens (tertiary/aromatic N) is 2. The smallest absolute Gasteiger partial charge is 0.169 e. The van der Waals surface area contributed by atoms with Gasteiger partial charge in [-0.25, -0.2) is 4.57 Å². The molecule has 0 unspecified atom stereocenters. The van der Waals surface area contributed by atoms with Gasteiger partial charge in [-0.2, -0.15) is 12.6 Å². The molecule has 0 bridgehead atoms. The van der Waals surface area contributed by atoms with Gasteiger partial charge >= 0.3 is 0 Å². The molecule has 1 heterocycles. The minimum atomic E-state index is 1.04. The van der Waals surface area contributed by atoms with Gasteiger partial charge in [0.15, 0.2) is 12.4 Å². The van der Waals surface area contributed by atoms with Gasteiger partial charge in [0.05, 0.1) is 0 Å². The van der Waals surface area contributed by atoms with Gasteiger partial charge in [-0.05, 0) is 41.9 Å². The first-order chi connectivity index (χ1) is 14.7. The van der Waals surface area contributed by atoms with Crippen molar-refractivity contribution in [3.05, 3.63) is 59.9 Å². The molecule has 2 nitrogen and oxygen atoms in total. The van der Waals surface area contributed by atoms with Gasteiger partial charge in [0.2, 0.25) is 0 Å². The molecule has 0 N–H and O–H groups in total. The number of pyridine rings is 1. The highest BCUT2D eigenvalue weighted by Crippen LogP contribution is 2.17. The van der Waals surface area contributed by atoms with E-state index in [1.807, 2.05) is 7.05 Å². The number of thiol groups is 1. The zero-order valence-electron chi connectivity index (χ0n) is 19.1. The number of unbranched alkanes of at least 4 members (excludes halogenated alkanes) is 9. The third kappa shape index (κ3) is 10.3. The average Bonchev–Trinajstić information content (AvgIpc) is 2.77. The standard InChI is InChI=1S/C27H40N2S/c1-28-22-19-26(20-23-28)14-13-25-15-17-27(18-16-25)29(2)21-11-9-7-5-3-4-6-8-10-12-24-30/h13-20,22-23H,3-12,21,24H2,1-2H3/p+1. The summed E-state index contributed by atoms with van der Waals surface area (Å²) >= 11 is 4.27. The number of rotatable bonds is 15. The van der Waals surface area contributed by atoms with E-state index in [1.54, 1.807) is 0 Å². The molecule has 0 amide bonds. The summed E-state index contributed by atoms with van der Waals surface area (Å²) in [6.07, 6.45) is 22.2. The van der Waals surface area contributed by atoms with Gasteiger partial charge in [-0.15, -0.1) is 0 Å². The molecule has 0 aliphatic heterocycles. The van der Waals surface area contributed by atoms with Crippen LogP contribution >= 0.6 is 12.6 Å². The summed E-state index contributed by atoms with van der Waals surface area (Å²) < 4.78 is 2.05. The Morgan fingerprint density at radius 3 is 1.70 bits per heavy atom. The number of hydrogen-bond donors (Lipinski definition) is 1. The van der Waals surface area contributed by atoms with Crippen LogP contribution in [0.5, 0.6) is 0 Å². The summed E-state index contributed by atoms with van der Waals surface area (Å²) in [6.45, 7) is 1.14. The van der Waals surface area contributed by atoms with Crippen molar-refractivity contribution >= 4 is 30.5 Å². The van der Waals surface area contributed by atoms with Crippen LogP contribution in [0.1, 0.15) is 75.3 Å². The summed E-state index contributed by atoms with van der Waals surface area (Å²) in [6, 6.07) is 13.1. The van der Waals surface area contributed by atoms with E-state index in [4.69, 9.17) is 0 Å². The maximum absolute atomic E-state index is 4.27. The molecule has 0 saturated heterocycles. The fraction of sp³-hybridized carbons (Fsp3) is 0.519. The summed E-state index contributed by atoms with van der Waals surface area (Å²) in [5.74, 6) is 1.04. The monoisotopic (exact) mass is 425 g/mol. The Balaban J connectivity index is 1.58. The van der Waals surface area contributed by atoms with Crippen LogP contribution in [0, 0.1) is 0 Å². The number of hydrogen-bond acceptors (Lipinski definition) is 2.